The summed E-state index contributed by atoms with van der Waals surface area (Å²) in [6.07, 6.45) is 4.19. The van der Waals surface area contributed by atoms with E-state index in [0.717, 1.165) is 47.7 Å². The fourth-order valence-electron chi connectivity index (χ4n) is 5.15. The maximum atomic E-state index is 11.7. The molecule has 0 amide bonds. The highest BCUT2D eigenvalue weighted by molar-refractivity contribution is 5.76. The van der Waals surface area contributed by atoms with Gasteiger partial charge in [-0.15, -0.1) is 0 Å². The molecular formula is C31H31NO4. The van der Waals surface area contributed by atoms with Gasteiger partial charge in [0.15, 0.2) is 18.3 Å². The molecule has 0 aliphatic heterocycles. The van der Waals surface area contributed by atoms with E-state index in [1.54, 1.807) is 6.92 Å². The van der Waals surface area contributed by atoms with Gasteiger partial charge in [-0.25, -0.2) is 9.78 Å². The van der Waals surface area contributed by atoms with E-state index in [0.29, 0.717) is 24.2 Å². The molecule has 0 saturated heterocycles. The summed E-state index contributed by atoms with van der Waals surface area (Å²) in [6, 6.07) is 28.5. The van der Waals surface area contributed by atoms with Gasteiger partial charge in [-0.3, -0.25) is 0 Å². The van der Waals surface area contributed by atoms with Crippen LogP contribution < -0.4 is 4.74 Å². The van der Waals surface area contributed by atoms with Gasteiger partial charge in [0.2, 0.25) is 0 Å². The van der Waals surface area contributed by atoms with Gasteiger partial charge in [0.05, 0.1) is 6.61 Å². The summed E-state index contributed by atoms with van der Waals surface area (Å²) in [7, 11) is 0. The van der Waals surface area contributed by atoms with Gasteiger partial charge in [0, 0.05) is 17.5 Å². The molecule has 5 nitrogen and oxygen atoms in total. The molecule has 1 aromatic heterocycles. The van der Waals surface area contributed by atoms with Crippen LogP contribution in [0.1, 0.15) is 43.6 Å². The van der Waals surface area contributed by atoms with E-state index in [9.17, 15) is 4.79 Å². The number of esters is 1. The summed E-state index contributed by atoms with van der Waals surface area (Å²) in [6.45, 7) is 2.06. The predicted molar refractivity (Wildman–Crippen MR) is 140 cm³/mol. The Bertz CT molecular complexity index is 1230. The number of oxazole rings is 1. The van der Waals surface area contributed by atoms with Crippen LogP contribution in [0, 0.1) is 5.92 Å². The summed E-state index contributed by atoms with van der Waals surface area (Å²) in [4.78, 5) is 16.7. The highest BCUT2D eigenvalue weighted by Crippen LogP contribution is 2.43. The van der Waals surface area contributed by atoms with E-state index in [1.165, 1.54) is 12.0 Å². The van der Waals surface area contributed by atoms with E-state index in [1.807, 2.05) is 48.5 Å². The van der Waals surface area contributed by atoms with Crippen molar-refractivity contribution in [1.82, 2.24) is 4.98 Å². The maximum Gasteiger partial charge on any atom is 0.344 e. The zero-order valence-corrected chi connectivity index (χ0v) is 20.6. The van der Waals surface area contributed by atoms with Crippen molar-refractivity contribution in [1.29, 1.82) is 0 Å². The van der Waals surface area contributed by atoms with Crippen LogP contribution in [-0.2, 0) is 16.0 Å². The minimum Gasteiger partial charge on any atom is -0.482 e. The van der Waals surface area contributed by atoms with Crippen molar-refractivity contribution in [2.45, 2.75) is 38.5 Å². The molecular weight excluding hydrogens is 450 g/mol. The Labute approximate surface area is 212 Å². The molecule has 1 heterocycles. The zero-order valence-electron chi connectivity index (χ0n) is 20.6. The molecule has 0 spiro atoms. The number of nitrogens with zero attached hydrogens (tertiary/aromatic N) is 1. The predicted octanol–water partition coefficient (Wildman–Crippen LogP) is 7.08. The average molecular weight is 482 g/mol. The van der Waals surface area contributed by atoms with Crippen LogP contribution in [0.25, 0.3) is 22.6 Å². The second-order valence-electron chi connectivity index (χ2n) is 9.19. The fraction of sp³-hybridized carbons (Fsp3) is 0.290. The lowest BCUT2D eigenvalue weighted by atomic mass is 9.86. The third kappa shape index (κ3) is 5.51. The van der Waals surface area contributed by atoms with Gasteiger partial charge in [-0.1, -0.05) is 79.2 Å². The number of rotatable bonds is 9. The number of hydrogen-bond donors (Lipinski definition) is 0. The smallest absolute Gasteiger partial charge is 0.344 e. The average Bonchev–Trinajstić information content (AvgIpc) is 3.56. The Kier molecular flexibility index (Phi) is 7.46. The van der Waals surface area contributed by atoms with Gasteiger partial charge in [-0.05, 0) is 49.3 Å². The van der Waals surface area contributed by atoms with Gasteiger partial charge in [-0.2, -0.15) is 0 Å². The zero-order chi connectivity index (χ0) is 24.7. The molecule has 0 radical (unpaired) electrons. The Morgan fingerprint density at radius 1 is 0.944 bits per heavy atom. The van der Waals surface area contributed by atoms with Crippen LogP contribution in [0.2, 0.25) is 0 Å². The highest BCUT2D eigenvalue weighted by Gasteiger charge is 2.31. The first kappa shape index (κ1) is 23.9. The van der Waals surface area contributed by atoms with E-state index in [-0.39, 0.29) is 12.6 Å². The first-order valence-corrected chi connectivity index (χ1v) is 12.7. The molecule has 5 heteroatoms. The summed E-state index contributed by atoms with van der Waals surface area (Å²) >= 11 is 0. The molecule has 1 aliphatic rings. The van der Waals surface area contributed by atoms with Crippen molar-refractivity contribution in [3.8, 4) is 28.3 Å². The molecule has 0 N–H and O–H groups in total. The number of benzene rings is 3. The van der Waals surface area contributed by atoms with Crippen molar-refractivity contribution < 1.29 is 18.7 Å². The molecule has 0 bridgehead atoms. The lowest BCUT2D eigenvalue weighted by Gasteiger charge is -2.19. The molecule has 1 saturated carbocycles. The van der Waals surface area contributed by atoms with Crippen LogP contribution in [0.5, 0.6) is 5.75 Å². The van der Waals surface area contributed by atoms with Crippen molar-refractivity contribution >= 4 is 5.97 Å². The van der Waals surface area contributed by atoms with Crippen LogP contribution in [0.4, 0.5) is 0 Å². The molecule has 184 valence electrons. The standard InChI is InChI=1S/C31H31NO4/c1-2-34-29(33)21-35-26-17-9-15-24(19-26)27-18-10-16-25(27)20-28-32-30(22-11-5-3-6-12-22)31(36-28)23-13-7-4-8-14-23/h3-9,11-15,17,19,25,27H,2,10,16,18,20-21H2,1H3. The number of carbonyl (C=O) groups is 1. The van der Waals surface area contributed by atoms with Crippen molar-refractivity contribution in [2.24, 2.45) is 5.92 Å². The van der Waals surface area contributed by atoms with Crippen LogP contribution in [0.15, 0.2) is 89.3 Å². The number of hydrogen-bond acceptors (Lipinski definition) is 5. The van der Waals surface area contributed by atoms with Crippen molar-refractivity contribution in [2.75, 3.05) is 13.2 Å². The monoisotopic (exact) mass is 481 g/mol. The van der Waals surface area contributed by atoms with E-state index >= 15 is 0 Å². The van der Waals surface area contributed by atoms with Gasteiger partial charge in [0.1, 0.15) is 11.4 Å². The lowest BCUT2D eigenvalue weighted by molar-refractivity contribution is -0.145. The fourth-order valence-corrected chi connectivity index (χ4v) is 5.15. The quantitative estimate of drug-likeness (QED) is 0.239. The van der Waals surface area contributed by atoms with Gasteiger partial charge in [0.25, 0.3) is 0 Å². The Balaban J connectivity index is 1.37. The largest absolute Gasteiger partial charge is 0.482 e. The molecule has 1 aliphatic carbocycles. The van der Waals surface area contributed by atoms with Gasteiger partial charge >= 0.3 is 5.97 Å². The maximum absolute atomic E-state index is 11.7. The normalized spacial score (nSPS) is 17.1. The molecule has 36 heavy (non-hydrogen) atoms. The molecule has 1 fully saturated rings. The Hall–Kier alpha value is -3.86. The lowest BCUT2D eigenvalue weighted by Crippen LogP contribution is -2.15. The second kappa shape index (κ2) is 11.3. The number of ether oxygens (including phenoxy) is 2. The minimum absolute atomic E-state index is 0.0772. The number of aromatic nitrogens is 1. The van der Waals surface area contributed by atoms with Gasteiger partial charge < -0.3 is 13.9 Å². The SMILES string of the molecule is CCOC(=O)COc1cccc(C2CCCC2Cc2nc(-c3ccccc3)c(-c3ccccc3)o2)c1. The van der Waals surface area contributed by atoms with Crippen LogP contribution in [-0.4, -0.2) is 24.2 Å². The molecule has 2 unspecified atom stereocenters. The molecule has 3 aromatic carbocycles. The third-order valence-corrected chi connectivity index (χ3v) is 6.80. The third-order valence-electron chi connectivity index (χ3n) is 6.80. The van der Waals surface area contributed by atoms with E-state index < -0.39 is 0 Å². The highest BCUT2D eigenvalue weighted by atomic mass is 16.6. The molecule has 2 atom stereocenters. The van der Waals surface area contributed by atoms with Crippen LogP contribution >= 0.6 is 0 Å². The molecule has 5 rings (SSSR count). The Morgan fingerprint density at radius 3 is 2.44 bits per heavy atom. The summed E-state index contributed by atoms with van der Waals surface area (Å²) < 4.78 is 17.1. The van der Waals surface area contributed by atoms with Crippen LogP contribution in [0.3, 0.4) is 0 Å². The van der Waals surface area contributed by atoms with Crippen molar-refractivity contribution in [3.05, 3.63) is 96.4 Å². The minimum atomic E-state index is -0.353. The Morgan fingerprint density at radius 2 is 1.69 bits per heavy atom. The summed E-state index contributed by atoms with van der Waals surface area (Å²) in [5.74, 6) is 2.76. The summed E-state index contributed by atoms with van der Waals surface area (Å²) in [5, 5.41) is 0. The first-order chi connectivity index (χ1) is 17.7. The molecule has 4 aromatic rings. The second-order valence-corrected chi connectivity index (χ2v) is 9.19. The van der Waals surface area contributed by atoms with Crippen molar-refractivity contribution in [3.63, 3.8) is 0 Å². The topological polar surface area (TPSA) is 61.6 Å². The van der Waals surface area contributed by atoms with E-state index in [2.05, 4.69) is 36.4 Å². The summed E-state index contributed by atoms with van der Waals surface area (Å²) in [5.41, 5.74) is 4.21. The number of carbonyl (C=O) groups excluding carboxylic acids is 1. The van der Waals surface area contributed by atoms with E-state index in [4.69, 9.17) is 18.9 Å². The first-order valence-electron chi connectivity index (χ1n) is 12.7.